The van der Waals surface area contributed by atoms with Gasteiger partial charge in [-0.3, -0.25) is 4.79 Å². The van der Waals surface area contributed by atoms with Gasteiger partial charge in [0.05, 0.1) is 6.54 Å². The molecular formula is C18H19N3O2S. The van der Waals surface area contributed by atoms with Crippen molar-refractivity contribution in [3.63, 3.8) is 0 Å². The van der Waals surface area contributed by atoms with E-state index < -0.39 is 0 Å². The van der Waals surface area contributed by atoms with E-state index in [0.717, 1.165) is 5.56 Å². The van der Waals surface area contributed by atoms with E-state index in [1.54, 1.807) is 16.2 Å². The van der Waals surface area contributed by atoms with Crippen molar-refractivity contribution in [2.45, 2.75) is 26.3 Å². The van der Waals surface area contributed by atoms with Crippen LogP contribution in [0.2, 0.25) is 0 Å². The maximum Gasteiger partial charge on any atom is 0.247 e. The van der Waals surface area contributed by atoms with Crippen molar-refractivity contribution < 1.29 is 9.21 Å². The molecule has 0 saturated carbocycles. The second kappa shape index (κ2) is 7.40. The topological polar surface area (TPSA) is 59.2 Å². The molecule has 2 aromatic heterocycles. The van der Waals surface area contributed by atoms with Crippen molar-refractivity contribution in [1.82, 2.24) is 15.1 Å². The smallest absolute Gasteiger partial charge is 0.247 e. The monoisotopic (exact) mass is 341 g/mol. The zero-order valence-corrected chi connectivity index (χ0v) is 14.5. The normalized spacial score (nSPS) is 10.8. The van der Waals surface area contributed by atoms with Gasteiger partial charge < -0.3 is 9.32 Å². The molecule has 0 atom stereocenters. The highest BCUT2D eigenvalue weighted by Crippen LogP contribution is 2.19. The van der Waals surface area contributed by atoms with Gasteiger partial charge in [-0.25, -0.2) is 0 Å². The third-order valence-electron chi connectivity index (χ3n) is 3.82. The molecule has 24 heavy (non-hydrogen) atoms. The summed E-state index contributed by atoms with van der Waals surface area (Å²) >= 11 is 1.68. The molecule has 0 bridgehead atoms. The minimum atomic E-state index is 0.0715. The van der Waals surface area contributed by atoms with E-state index in [9.17, 15) is 4.79 Å². The van der Waals surface area contributed by atoms with E-state index in [1.165, 1.54) is 10.4 Å². The van der Waals surface area contributed by atoms with Crippen LogP contribution < -0.4 is 0 Å². The quantitative estimate of drug-likeness (QED) is 0.686. The Morgan fingerprint density at radius 2 is 2.00 bits per heavy atom. The number of carbonyl (C=O) groups excluding carboxylic acids is 1. The molecule has 0 spiro atoms. The molecule has 3 rings (SSSR count). The van der Waals surface area contributed by atoms with Crippen LogP contribution in [-0.4, -0.2) is 28.1 Å². The van der Waals surface area contributed by atoms with Crippen LogP contribution in [0, 0.1) is 6.92 Å². The molecule has 0 fully saturated rings. The lowest BCUT2D eigenvalue weighted by Gasteiger charge is -2.16. The van der Waals surface area contributed by atoms with E-state index in [0.29, 0.717) is 31.2 Å². The van der Waals surface area contributed by atoms with Crippen molar-refractivity contribution >= 4 is 17.2 Å². The SMILES string of the molecule is Cc1ccsc1CN(C)C(=O)CCc1nnc(-c2ccccc2)o1. The molecule has 0 saturated heterocycles. The summed E-state index contributed by atoms with van der Waals surface area (Å²) in [5.74, 6) is 1.05. The first-order valence-corrected chi connectivity index (χ1v) is 8.66. The lowest BCUT2D eigenvalue weighted by molar-refractivity contribution is -0.130. The first kappa shape index (κ1) is 16.4. The highest BCUT2D eigenvalue weighted by molar-refractivity contribution is 7.10. The predicted octanol–water partition coefficient (Wildman–Crippen LogP) is 3.70. The van der Waals surface area contributed by atoms with Gasteiger partial charge in [0, 0.05) is 30.3 Å². The molecule has 1 amide bonds. The standard InChI is InChI=1S/C18H19N3O2S/c1-13-10-11-24-15(13)12-21(2)17(22)9-8-16-19-20-18(23-16)14-6-4-3-5-7-14/h3-7,10-11H,8-9,12H2,1-2H3. The molecule has 0 aliphatic carbocycles. The van der Waals surface area contributed by atoms with Crippen molar-refractivity contribution in [2.24, 2.45) is 0 Å². The first-order chi connectivity index (χ1) is 11.6. The van der Waals surface area contributed by atoms with Gasteiger partial charge in [0.15, 0.2) is 0 Å². The van der Waals surface area contributed by atoms with E-state index in [4.69, 9.17) is 4.42 Å². The highest BCUT2D eigenvalue weighted by Gasteiger charge is 2.14. The molecule has 0 N–H and O–H groups in total. The van der Waals surface area contributed by atoms with Crippen LogP contribution in [0.3, 0.4) is 0 Å². The van der Waals surface area contributed by atoms with Gasteiger partial charge in [0.25, 0.3) is 0 Å². The van der Waals surface area contributed by atoms with Crippen molar-refractivity contribution in [2.75, 3.05) is 7.05 Å². The summed E-state index contributed by atoms with van der Waals surface area (Å²) in [5, 5.41) is 10.1. The summed E-state index contributed by atoms with van der Waals surface area (Å²) in [5.41, 5.74) is 2.11. The number of nitrogens with zero attached hydrogens (tertiary/aromatic N) is 3. The van der Waals surface area contributed by atoms with Gasteiger partial charge in [0.1, 0.15) is 0 Å². The molecule has 1 aromatic carbocycles. The molecule has 0 unspecified atom stereocenters. The van der Waals surface area contributed by atoms with Gasteiger partial charge >= 0.3 is 0 Å². The lowest BCUT2D eigenvalue weighted by atomic mass is 10.2. The highest BCUT2D eigenvalue weighted by atomic mass is 32.1. The Labute approximate surface area is 144 Å². The van der Waals surface area contributed by atoms with Crippen LogP contribution >= 0.6 is 11.3 Å². The fourth-order valence-electron chi connectivity index (χ4n) is 2.33. The summed E-state index contributed by atoms with van der Waals surface area (Å²) < 4.78 is 5.63. The molecular weight excluding hydrogens is 322 g/mol. The fraction of sp³-hybridized carbons (Fsp3) is 0.278. The van der Waals surface area contributed by atoms with Crippen molar-refractivity contribution in [1.29, 1.82) is 0 Å². The number of thiophene rings is 1. The van der Waals surface area contributed by atoms with E-state index in [2.05, 4.69) is 23.2 Å². The Hall–Kier alpha value is -2.47. The average molecular weight is 341 g/mol. The molecule has 0 aliphatic rings. The molecule has 0 radical (unpaired) electrons. The Balaban J connectivity index is 1.55. The van der Waals surface area contributed by atoms with Crippen LogP contribution in [0.4, 0.5) is 0 Å². The number of hydrogen-bond donors (Lipinski definition) is 0. The second-order valence-electron chi connectivity index (χ2n) is 5.64. The van der Waals surface area contributed by atoms with Crippen LogP contribution in [0.25, 0.3) is 11.5 Å². The molecule has 5 nitrogen and oxygen atoms in total. The third-order valence-corrected chi connectivity index (χ3v) is 4.82. The number of rotatable bonds is 6. The van der Waals surface area contributed by atoms with Crippen molar-refractivity contribution in [3.05, 3.63) is 58.1 Å². The summed E-state index contributed by atoms with van der Waals surface area (Å²) in [4.78, 5) is 15.2. The number of benzene rings is 1. The number of hydrogen-bond acceptors (Lipinski definition) is 5. The number of carbonyl (C=O) groups is 1. The second-order valence-corrected chi connectivity index (χ2v) is 6.64. The first-order valence-electron chi connectivity index (χ1n) is 7.78. The zero-order chi connectivity index (χ0) is 16.9. The lowest BCUT2D eigenvalue weighted by Crippen LogP contribution is -2.26. The van der Waals surface area contributed by atoms with Crippen LogP contribution in [0.5, 0.6) is 0 Å². The molecule has 0 aliphatic heterocycles. The Bertz CT molecular complexity index is 811. The van der Waals surface area contributed by atoms with Gasteiger partial charge in [0.2, 0.25) is 17.7 Å². The minimum absolute atomic E-state index is 0.0715. The van der Waals surface area contributed by atoms with Gasteiger partial charge in [-0.15, -0.1) is 21.5 Å². The van der Waals surface area contributed by atoms with E-state index in [1.807, 2.05) is 42.8 Å². The van der Waals surface area contributed by atoms with Crippen LogP contribution in [-0.2, 0) is 17.8 Å². The molecule has 3 aromatic rings. The average Bonchev–Trinajstić information content (AvgIpc) is 3.23. The molecule has 6 heteroatoms. The Morgan fingerprint density at radius 3 is 2.71 bits per heavy atom. The van der Waals surface area contributed by atoms with Crippen LogP contribution in [0.1, 0.15) is 22.8 Å². The summed E-state index contributed by atoms with van der Waals surface area (Å²) in [7, 11) is 1.82. The minimum Gasteiger partial charge on any atom is -0.421 e. The van der Waals surface area contributed by atoms with Gasteiger partial charge in [-0.2, -0.15) is 0 Å². The maximum absolute atomic E-state index is 12.3. The van der Waals surface area contributed by atoms with Crippen LogP contribution in [0.15, 0.2) is 46.2 Å². The van der Waals surface area contributed by atoms with Crippen molar-refractivity contribution in [3.8, 4) is 11.5 Å². The van der Waals surface area contributed by atoms with Gasteiger partial charge in [-0.05, 0) is 36.1 Å². The third kappa shape index (κ3) is 3.89. The number of amides is 1. The largest absolute Gasteiger partial charge is 0.421 e. The van der Waals surface area contributed by atoms with E-state index in [-0.39, 0.29) is 5.91 Å². The zero-order valence-electron chi connectivity index (χ0n) is 13.7. The maximum atomic E-state index is 12.3. The molecule has 124 valence electrons. The Morgan fingerprint density at radius 1 is 1.21 bits per heavy atom. The number of aryl methyl sites for hydroxylation is 2. The number of aromatic nitrogens is 2. The Kier molecular flexibility index (Phi) is 5.05. The summed E-state index contributed by atoms with van der Waals surface area (Å²) in [6.45, 7) is 2.70. The summed E-state index contributed by atoms with van der Waals surface area (Å²) in [6, 6.07) is 11.7. The summed E-state index contributed by atoms with van der Waals surface area (Å²) in [6.07, 6.45) is 0.809. The fourth-order valence-corrected chi connectivity index (χ4v) is 3.28. The van der Waals surface area contributed by atoms with E-state index >= 15 is 0 Å². The predicted molar refractivity (Wildman–Crippen MR) is 93.6 cm³/mol. The van der Waals surface area contributed by atoms with Gasteiger partial charge in [-0.1, -0.05) is 18.2 Å². The molecule has 2 heterocycles.